The zero-order valence-corrected chi connectivity index (χ0v) is 16.6. The lowest BCUT2D eigenvalue weighted by molar-refractivity contribution is -0.112. The molecule has 2 aromatic carbocycles. The molecular formula is C20H19BrN2O3. The maximum absolute atomic E-state index is 12.6. The molecule has 0 unspecified atom stereocenters. The molecule has 0 radical (unpaired) electrons. The Bertz CT molecular complexity index is 894. The Morgan fingerprint density at radius 3 is 2.27 bits per heavy atom. The predicted octanol–water partition coefficient (Wildman–Crippen LogP) is 4.63. The van der Waals surface area contributed by atoms with Crippen molar-refractivity contribution in [2.24, 2.45) is 0 Å². The van der Waals surface area contributed by atoms with E-state index >= 15 is 0 Å². The van der Waals surface area contributed by atoms with Crippen LogP contribution in [0.15, 0.2) is 40.4 Å². The van der Waals surface area contributed by atoms with E-state index in [0.29, 0.717) is 27.2 Å². The zero-order chi connectivity index (χ0) is 19.3. The number of para-hydroxylation sites is 1. The summed E-state index contributed by atoms with van der Waals surface area (Å²) in [7, 11) is 3.07. The fraction of sp³-hybridized carbons (Fsp3) is 0.200. The Morgan fingerprint density at radius 2 is 1.73 bits per heavy atom. The molecule has 26 heavy (non-hydrogen) atoms. The molecule has 6 heteroatoms. The fourth-order valence-electron chi connectivity index (χ4n) is 2.48. The van der Waals surface area contributed by atoms with Crippen LogP contribution in [-0.4, -0.2) is 20.1 Å². The first-order valence-electron chi connectivity index (χ1n) is 7.82. The summed E-state index contributed by atoms with van der Waals surface area (Å²) in [5.74, 6) is 0.594. The normalized spacial score (nSPS) is 10.8. The third-order valence-electron chi connectivity index (χ3n) is 3.89. The number of hydrogen-bond acceptors (Lipinski definition) is 4. The first kappa shape index (κ1) is 19.5. The van der Waals surface area contributed by atoms with Crippen molar-refractivity contribution in [3.05, 3.63) is 57.1 Å². The number of carbonyl (C=O) groups excluding carboxylic acids is 1. The van der Waals surface area contributed by atoms with Crippen LogP contribution in [0.1, 0.15) is 16.7 Å². The van der Waals surface area contributed by atoms with Gasteiger partial charge in [-0.3, -0.25) is 4.79 Å². The molecule has 0 aliphatic rings. The maximum atomic E-state index is 12.6. The van der Waals surface area contributed by atoms with Gasteiger partial charge in [-0.05, 0) is 48.7 Å². The van der Waals surface area contributed by atoms with Crippen molar-refractivity contribution in [3.8, 4) is 17.6 Å². The summed E-state index contributed by atoms with van der Waals surface area (Å²) in [6.45, 7) is 3.81. The highest BCUT2D eigenvalue weighted by Crippen LogP contribution is 2.34. The van der Waals surface area contributed by atoms with Gasteiger partial charge in [-0.25, -0.2) is 0 Å². The van der Waals surface area contributed by atoms with Gasteiger partial charge in [-0.2, -0.15) is 5.26 Å². The molecule has 2 aromatic rings. The van der Waals surface area contributed by atoms with Crippen molar-refractivity contribution in [2.45, 2.75) is 13.8 Å². The molecule has 0 atom stereocenters. The second kappa shape index (κ2) is 8.54. The quantitative estimate of drug-likeness (QED) is 0.571. The van der Waals surface area contributed by atoms with Crippen LogP contribution in [0.5, 0.6) is 11.5 Å². The minimum atomic E-state index is -0.466. The fourth-order valence-corrected chi connectivity index (χ4v) is 2.91. The lowest BCUT2D eigenvalue weighted by Gasteiger charge is -2.12. The Balaban J connectivity index is 2.39. The van der Waals surface area contributed by atoms with Crippen molar-refractivity contribution < 1.29 is 14.3 Å². The van der Waals surface area contributed by atoms with E-state index < -0.39 is 5.91 Å². The van der Waals surface area contributed by atoms with Crippen molar-refractivity contribution in [1.82, 2.24) is 0 Å². The van der Waals surface area contributed by atoms with Gasteiger partial charge in [0.2, 0.25) is 0 Å². The second-order valence-electron chi connectivity index (χ2n) is 5.62. The summed E-state index contributed by atoms with van der Waals surface area (Å²) >= 11 is 3.43. The van der Waals surface area contributed by atoms with E-state index in [9.17, 15) is 10.1 Å². The molecule has 0 spiro atoms. The first-order chi connectivity index (χ1) is 12.4. The standard InChI is InChI=1S/C20H19BrN2O3/c1-12-6-5-7-13(2)19(12)23-20(24)15(11-22)8-14-9-17(25-3)18(26-4)10-16(14)21/h5-10H,1-4H3,(H,23,24)/b15-8+. The van der Waals surface area contributed by atoms with E-state index in [1.165, 1.54) is 13.2 Å². The first-order valence-corrected chi connectivity index (χ1v) is 8.61. The van der Waals surface area contributed by atoms with E-state index in [4.69, 9.17) is 9.47 Å². The molecule has 2 rings (SSSR count). The molecule has 0 bridgehead atoms. The van der Waals surface area contributed by atoms with Gasteiger partial charge >= 0.3 is 0 Å². The van der Waals surface area contributed by atoms with Gasteiger partial charge in [0.05, 0.1) is 14.2 Å². The Labute approximate surface area is 161 Å². The third kappa shape index (κ3) is 4.24. The number of nitrogens with one attached hydrogen (secondary N) is 1. The number of ether oxygens (including phenoxy) is 2. The SMILES string of the molecule is COc1cc(Br)c(/C=C(\C#N)C(=O)Nc2c(C)cccc2C)cc1OC. The van der Waals surface area contributed by atoms with Crippen LogP contribution in [0.25, 0.3) is 6.08 Å². The molecule has 134 valence electrons. The van der Waals surface area contributed by atoms with Gasteiger partial charge in [0.25, 0.3) is 5.91 Å². The third-order valence-corrected chi connectivity index (χ3v) is 4.57. The van der Waals surface area contributed by atoms with Gasteiger partial charge in [-0.1, -0.05) is 34.1 Å². The largest absolute Gasteiger partial charge is 0.493 e. The van der Waals surface area contributed by atoms with Crippen LogP contribution in [0.3, 0.4) is 0 Å². The molecule has 0 aliphatic carbocycles. The summed E-state index contributed by atoms with van der Waals surface area (Å²) in [5, 5.41) is 12.3. The molecule has 0 saturated heterocycles. The van der Waals surface area contributed by atoms with Crippen molar-refractivity contribution in [2.75, 3.05) is 19.5 Å². The Kier molecular flexibility index (Phi) is 6.42. The predicted molar refractivity (Wildman–Crippen MR) is 105 cm³/mol. The molecule has 0 aliphatic heterocycles. The number of nitriles is 1. The van der Waals surface area contributed by atoms with E-state index in [0.717, 1.165) is 11.1 Å². The molecule has 1 N–H and O–H groups in total. The lowest BCUT2D eigenvalue weighted by Crippen LogP contribution is -2.15. The van der Waals surface area contributed by atoms with Crippen molar-refractivity contribution >= 4 is 33.6 Å². The number of methoxy groups -OCH3 is 2. The second-order valence-corrected chi connectivity index (χ2v) is 6.47. The molecule has 0 aromatic heterocycles. The number of anilines is 1. The van der Waals surface area contributed by atoms with Gasteiger partial charge in [0.1, 0.15) is 11.6 Å². The molecule has 0 heterocycles. The topological polar surface area (TPSA) is 71.3 Å². The van der Waals surface area contributed by atoms with Gasteiger partial charge in [0, 0.05) is 10.2 Å². The summed E-state index contributed by atoms with van der Waals surface area (Å²) in [4.78, 5) is 12.6. The number of amides is 1. The molecule has 0 saturated carbocycles. The number of rotatable bonds is 5. The van der Waals surface area contributed by atoms with Crippen LogP contribution in [0.4, 0.5) is 5.69 Å². The highest BCUT2D eigenvalue weighted by Gasteiger charge is 2.14. The van der Waals surface area contributed by atoms with Gasteiger partial charge in [0.15, 0.2) is 11.5 Å². The van der Waals surface area contributed by atoms with E-state index in [1.54, 1.807) is 19.2 Å². The van der Waals surface area contributed by atoms with Crippen LogP contribution in [-0.2, 0) is 4.79 Å². The van der Waals surface area contributed by atoms with Crippen molar-refractivity contribution in [1.29, 1.82) is 5.26 Å². The van der Waals surface area contributed by atoms with Crippen LogP contribution < -0.4 is 14.8 Å². The minimum Gasteiger partial charge on any atom is -0.493 e. The average molecular weight is 415 g/mol. The van der Waals surface area contributed by atoms with Crippen LogP contribution in [0.2, 0.25) is 0 Å². The summed E-state index contributed by atoms with van der Waals surface area (Å²) in [5.41, 5.74) is 3.20. The Morgan fingerprint density at radius 1 is 1.15 bits per heavy atom. The number of aryl methyl sites for hydroxylation is 2. The minimum absolute atomic E-state index is 0.0134. The maximum Gasteiger partial charge on any atom is 0.266 e. The summed E-state index contributed by atoms with van der Waals surface area (Å²) < 4.78 is 11.2. The number of nitrogens with zero attached hydrogens (tertiary/aromatic N) is 1. The van der Waals surface area contributed by atoms with Gasteiger partial charge in [-0.15, -0.1) is 0 Å². The highest BCUT2D eigenvalue weighted by atomic mass is 79.9. The van der Waals surface area contributed by atoms with E-state index in [-0.39, 0.29) is 5.57 Å². The molecule has 1 amide bonds. The monoisotopic (exact) mass is 414 g/mol. The average Bonchev–Trinajstić information content (AvgIpc) is 2.63. The van der Waals surface area contributed by atoms with Gasteiger partial charge < -0.3 is 14.8 Å². The number of hydrogen-bond donors (Lipinski definition) is 1. The lowest BCUT2D eigenvalue weighted by atomic mass is 10.1. The van der Waals surface area contributed by atoms with Crippen molar-refractivity contribution in [3.63, 3.8) is 0 Å². The molecular weight excluding hydrogens is 396 g/mol. The number of halogens is 1. The smallest absolute Gasteiger partial charge is 0.266 e. The van der Waals surface area contributed by atoms with E-state index in [2.05, 4.69) is 21.2 Å². The van der Waals surface area contributed by atoms with E-state index in [1.807, 2.05) is 38.1 Å². The molecule has 0 fully saturated rings. The number of carbonyl (C=O) groups is 1. The van der Waals surface area contributed by atoms with Crippen LogP contribution >= 0.6 is 15.9 Å². The summed E-state index contributed by atoms with van der Waals surface area (Å²) in [6.07, 6.45) is 1.51. The highest BCUT2D eigenvalue weighted by molar-refractivity contribution is 9.10. The number of benzene rings is 2. The summed E-state index contributed by atoms with van der Waals surface area (Å²) in [6, 6.07) is 11.1. The zero-order valence-electron chi connectivity index (χ0n) is 15.0. The Hall–Kier alpha value is -2.78. The van der Waals surface area contributed by atoms with Crippen LogP contribution in [0, 0.1) is 25.2 Å². The molecule has 5 nitrogen and oxygen atoms in total.